The molecule has 188 valence electrons. The number of halogens is 10. The smallest absolute Gasteiger partial charge is 0.339 e. The van der Waals surface area contributed by atoms with Gasteiger partial charge >= 0.3 is 11.9 Å². The zero-order valence-electron chi connectivity index (χ0n) is 13.9. The van der Waals surface area contributed by atoms with Crippen LogP contribution in [-0.4, -0.2) is 22.2 Å². The third kappa shape index (κ3) is 13.9. The molecule has 0 bridgehead atoms. The van der Waals surface area contributed by atoms with Crippen molar-refractivity contribution in [2.45, 2.75) is 14.9 Å². The van der Waals surface area contributed by atoms with Crippen LogP contribution >= 0.6 is 186 Å². The van der Waals surface area contributed by atoms with Gasteiger partial charge in [-0.25, -0.2) is 9.59 Å². The average Bonchev–Trinajstić information content (AvgIpc) is 3.29. The number of hydrogen-bond donors (Lipinski definition) is 2. The van der Waals surface area contributed by atoms with Crippen LogP contribution in [0.4, 0.5) is 0 Å². The molecule has 4 nitrogen and oxygen atoms in total. The molecule has 33 heavy (non-hydrogen) atoms. The van der Waals surface area contributed by atoms with E-state index in [0.29, 0.717) is 0 Å². The molecule has 0 aliphatic heterocycles. The lowest BCUT2D eigenvalue weighted by Gasteiger charge is -1.93. The SMILES string of the molecule is C.C.Clc1ccc(Cl)s1.Clc1sc(Cl)c(I)c1I.II.O=C(O)c1c(Cl)sc(Cl)c1C(=O)O. The van der Waals surface area contributed by atoms with Crippen molar-refractivity contribution in [1.82, 2.24) is 0 Å². The third-order valence-corrected chi connectivity index (χ3v) is 11.7. The zero-order valence-corrected chi connectivity index (χ0v) is 29.5. The summed E-state index contributed by atoms with van der Waals surface area (Å²) in [6.07, 6.45) is 0. The number of hydrogen-bond acceptors (Lipinski definition) is 5. The van der Waals surface area contributed by atoms with Crippen molar-refractivity contribution in [2.75, 3.05) is 0 Å². The van der Waals surface area contributed by atoms with Crippen LogP contribution in [0.15, 0.2) is 12.1 Å². The number of carbonyl (C=O) groups is 2. The molecule has 0 unspecified atom stereocenters. The van der Waals surface area contributed by atoms with Crippen molar-refractivity contribution in [3.63, 3.8) is 0 Å². The van der Waals surface area contributed by atoms with Gasteiger partial charge in [-0.05, 0) is 57.3 Å². The molecule has 0 saturated heterocycles. The minimum absolute atomic E-state index is 0. The molecule has 0 saturated carbocycles. The molecule has 0 spiro atoms. The molecule has 0 aromatic carbocycles. The van der Waals surface area contributed by atoms with Crippen LogP contribution in [-0.2, 0) is 0 Å². The quantitative estimate of drug-likeness (QED) is 0.251. The number of carboxylic acid groups (broad SMARTS) is 2. The van der Waals surface area contributed by atoms with E-state index in [1.165, 1.54) is 22.7 Å². The van der Waals surface area contributed by atoms with Gasteiger partial charge in [-0.1, -0.05) is 84.5 Å². The number of rotatable bonds is 2. The van der Waals surface area contributed by atoms with Crippen LogP contribution in [0, 0.1) is 7.14 Å². The first-order valence-electron chi connectivity index (χ1n) is 6.65. The summed E-state index contributed by atoms with van der Waals surface area (Å²) in [4.78, 5) is 21.1. The molecule has 0 amide bonds. The second-order valence-electron chi connectivity index (χ2n) is 4.33. The third-order valence-electron chi connectivity index (χ3n) is 2.51. The number of thiophene rings is 3. The van der Waals surface area contributed by atoms with E-state index in [9.17, 15) is 9.59 Å². The van der Waals surface area contributed by atoms with E-state index in [1.54, 1.807) is 12.1 Å². The Morgan fingerprint density at radius 1 is 0.636 bits per heavy atom. The van der Waals surface area contributed by atoms with E-state index < -0.39 is 23.1 Å². The normalized spacial score (nSPS) is 8.91. The van der Waals surface area contributed by atoms with Crippen LogP contribution in [0.2, 0.25) is 26.0 Å². The lowest BCUT2D eigenvalue weighted by Crippen LogP contribution is -2.05. The Morgan fingerprint density at radius 3 is 1.06 bits per heavy atom. The molecule has 0 aliphatic carbocycles. The van der Waals surface area contributed by atoms with Gasteiger partial charge in [0.1, 0.15) is 28.5 Å². The Hall–Kier alpha value is 2.70. The van der Waals surface area contributed by atoms with Crippen LogP contribution < -0.4 is 0 Å². The second-order valence-corrected chi connectivity index (χ2v) is 13.3. The van der Waals surface area contributed by atoms with Crippen molar-refractivity contribution in [3.8, 4) is 0 Å². The van der Waals surface area contributed by atoms with E-state index in [0.717, 1.165) is 35.8 Å². The van der Waals surface area contributed by atoms with Crippen molar-refractivity contribution < 1.29 is 19.8 Å². The van der Waals surface area contributed by atoms with Crippen molar-refractivity contribution in [1.29, 1.82) is 0 Å². The van der Waals surface area contributed by atoms with Gasteiger partial charge in [0.05, 0.1) is 15.8 Å². The molecule has 3 aromatic rings. The van der Waals surface area contributed by atoms with Crippen molar-refractivity contribution in [3.05, 3.63) is 56.4 Å². The summed E-state index contributed by atoms with van der Waals surface area (Å²) in [6.45, 7) is 0. The topological polar surface area (TPSA) is 74.6 Å². The molecular formula is C16H12Cl6I4O4S3. The standard InChI is InChI=1S/C6H2Cl2O4S.C4Cl2I2S.C4H2Cl2S.2CH4.I2/c7-3-1(5(9)10)2(6(11)12)4(8)13-3;5-3-1(7)2(8)4(6)9-3;5-3-1-2-4(6)7-3;;;1-2/h(H,9,10)(H,11,12);;1-2H;2*1H4;. The summed E-state index contributed by atoms with van der Waals surface area (Å²) < 4.78 is 4.91. The second kappa shape index (κ2) is 20.6. The summed E-state index contributed by atoms with van der Waals surface area (Å²) in [7, 11) is 0. The van der Waals surface area contributed by atoms with Crippen LogP contribution in [0.5, 0.6) is 0 Å². The minimum atomic E-state index is -1.40. The van der Waals surface area contributed by atoms with Crippen molar-refractivity contribution in [2.24, 2.45) is 0 Å². The van der Waals surface area contributed by atoms with Gasteiger partial charge in [-0.15, -0.1) is 34.0 Å². The summed E-state index contributed by atoms with van der Waals surface area (Å²) in [5.74, 6) is -2.80. The summed E-state index contributed by atoms with van der Waals surface area (Å²) >= 11 is 45.6. The monoisotopic (exact) mass is 1080 g/mol. The van der Waals surface area contributed by atoms with Gasteiger partial charge in [0, 0.05) is 37.2 Å². The average molecular weight is 1080 g/mol. The van der Waals surface area contributed by atoms with Crippen molar-refractivity contribution >= 4 is 198 Å². The fourth-order valence-corrected chi connectivity index (χ4v) is 7.46. The Balaban J connectivity index is -0.000000398. The predicted octanol–water partition coefficient (Wildman–Crippen LogP) is 12.8. The lowest BCUT2D eigenvalue weighted by atomic mass is 10.2. The van der Waals surface area contributed by atoms with Gasteiger partial charge in [-0.3, -0.25) is 0 Å². The van der Waals surface area contributed by atoms with Gasteiger partial charge < -0.3 is 10.2 Å². The van der Waals surface area contributed by atoms with E-state index in [1.807, 2.05) is 0 Å². The molecule has 3 heterocycles. The first-order chi connectivity index (χ1) is 14.4. The maximum absolute atomic E-state index is 10.6. The maximum atomic E-state index is 10.6. The highest BCUT2D eigenvalue weighted by Crippen LogP contribution is 2.38. The van der Waals surface area contributed by atoms with Gasteiger partial charge in [0.25, 0.3) is 0 Å². The number of carboxylic acids is 2. The Bertz CT molecular complexity index is 969. The van der Waals surface area contributed by atoms with Crippen LogP contribution in [0.25, 0.3) is 0 Å². The maximum Gasteiger partial charge on any atom is 0.339 e. The lowest BCUT2D eigenvalue weighted by molar-refractivity contribution is 0.0653. The highest BCUT2D eigenvalue weighted by molar-refractivity contribution is 15.0. The molecule has 0 radical (unpaired) electrons. The van der Waals surface area contributed by atoms with E-state index in [4.69, 9.17) is 79.8 Å². The van der Waals surface area contributed by atoms with Crippen LogP contribution in [0.1, 0.15) is 35.6 Å². The Labute approximate surface area is 284 Å². The molecule has 3 rings (SSSR count). The fourth-order valence-electron chi connectivity index (χ4n) is 1.39. The Kier molecular flexibility index (Phi) is 25.1. The highest BCUT2D eigenvalue weighted by Gasteiger charge is 2.26. The highest BCUT2D eigenvalue weighted by atomic mass is 128. The zero-order chi connectivity index (χ0) is 24.5. The molecule has 0 aliphatic rings. The van der Waals surface area contributed by atoms with Gasteiger partial charge in [-0.2, -0.15) is 0 Å². The Morgan fingerprint density at radius 2 is 0.909 bits per heavy atom. The molecule has 0 atom stereocenters. The van der Waals surface area contributed by atoms with Gasteiger partial charge in [0.2, 0.25) is 0 Å². The largest absolute Gasteiger partial charge is 0.478 e. The van der Waals surface area contributed by atoms with E-state index in [-0.39, 0.29) is 23.5 Å². The molecular weight excluding hydrogens is 1070 g/mol. The van der Waals surface area contributed by atoms with Crippen LogP contribution in [0.3, 0.4) is 0 Å². The van der Waals surface area contributed by atoms with E-state index >= 15 is 0 Å². The molecule has 3 aromatic heterocycles. The first kappa shape index (κ1) is 40.2. The molecule has 17 heteroatoms. The van der Waals surface area contributed by atoms with Gasteiger partial charge in [0.15, 0.2) is 0 Å². The molecule has 2 N–H and O–H groups in total. The molecule has 0 fully saturated rings. The first-order valence-corrected chi connectivity index (χ1v) is 19.8. The fraction of sp³-hybridized carbons (Fsp3) is 0.125. The minimum Gasteiger partial charge on any atom is -0.478 e. The summed E-state index contributed by atoms with van der Waals surface area (Å²) in [5, 5.41) is 17.2. The number of aromatic carboxylic acids is 2. The van der Waals surface area contributed by atoms with E-state index in [2.05, 4.69) is 82.4 Å². The summed E-state index contributed by atoms with van der Waals surface area (Å²) in [6, 6.07) is 3.54. The summed E-state index contributed by atoms with van der Waals surface area (Å²) in [5.41, 5.74) is -0.909. The predicted molar refractivity (Wildman–Crippen MR) is 184 cm³/mol.